The molecule has 0 fully saturated rings. The average Bonchev–Trinajstić information content (AvgIpc) is 3.63. The molecule has 2 aromatic heterocycles. The van der Waals surface area contributed by atoms with Crippen LogP contribution in [0.3, 0.4) is 0 Å². The maximum absolute atomic E-state index is 6.31. The van der Waals surface area contributed by atoms with Gasteiger partial charge in [-0.15, -0.1) is 0 Å². The number of hydrogen-bond donors (Lipinski definition) is 0. The molecule has 0 spiro atoms. The molecule has 0 radical (unpaired) electrons. The van der Waals surface area contributed by atoms with Crippen molar-refractivity contribution in [1.82, 2.24) is 15.0 Å². The third-order valence-corrected chi connectivity index (χ3v) is 9.99. The summed E-state index contributed by atoms with van der Waals surface area (Å²) in [6.45, 7) is 0. The van der Waals surface area contributed by atoms with E-state index in [2.05, 4.69) is 140 Å². The summed E-state index contributed by atoms with van der Waals surface area (Å²) in [4.78, 5) is 15.2. The molecule has 4 heteroatoms. The van der Waals surface area contributed by atoms with Gasteiger partial charge in [0.15, 0.2) is 17.5 Å². The number of fused-ring (bicyclic) bond motifs is 4. The number of benzene rings is 8. The van der Waals surface area contributed by atoms with Crippen LogP contribution in [0.15, 0.2) is 192 Å². The Labute approximate surface area is 306 Å². The van der Waals surface area contributed by atoms with Crippen molar-refractivity contribution in [3.05, 3.63) is 188 Å². The third kappa shape index (κ3) is 5.54. The second kappa shape index (κ2) is 12.9. The molecule has 53 heavy (non-hydrogen) atoms. The fourth-order valence-corrected chi connectivity index (χ4v) is 7.34. The quantitative estimate of drug-likeness (QED) is 0.176. The van der Waals surface area contributed by atoms with Gasteiger partial charge < -0.3 is 4.42 Å². The average molecular weight is 678 g/mol. The first-order valence-electron chi connectivity index (χ1n) is 17.8. The van der Waals surface area contributed by atoms with E-state index in [0.717, 1.165) is 72.0 Å². The van der Waals surface area contributed by atoms with E-state index in [-0.39, 0.29) is 0 Å². The normalized spacial score (nSPS) is 11.4. The highest BCUT2D eigenvalue weighted by Crippen LogP contribution is 2.38. The van der Waals surface area contributed by atoms with Crippen molar-refractivity contribution in [2.45, 2.75) is 0 Å². The van der Waals surface area contributed by atoms with E-state index in [1.807, 2.05) is 48.5 Å². The van der Waals surface area contributed by atoms with Gasteiger partial charge in [-0.05, 0) is 44.7 Å². The highest BCUT2D eigenvalue weighted by Gasteiger charge is 2.17. The molecule has 0 aliphatic carbocycles. The fraction of sp³-hybridized carbons (Fsp3) is 0. The van der Waals surface area contributed by atoms with Crippen molar-refractivity contribution in [3.63, 3.8) is 0 Å². The lowest BCUT2D eigenvalue weighted by atomic mass is 9.94. The van der Waals surface area contributed by atoms with E-state index in [0.29, 0.717) is 17.5 Å². The molecule has 0 aliphatic rings. The summed E-state index contributed by atoms with van der Waals surface area (Å²) in [7, 11) is 0. The molecule has 2 heterocycles. The van der Waals surface area contributed by atoms with Gasteiger partial charge >= 0.3 is 0 Å². The maximum Gasteiger partial charge on any atom is 0.164 e. The zero-order valence-electron chi connectivity index (χ0n) is 28.6. The standard InChI is InChI=1S/C49H31N3O/c1-2-13-36(14-3-1)47-50-48(52-49(51-47)44-19-7-6-17-41(44)40-21-10-15-34-12-4-5-16-38(34)40)37-30-26-33(27-31-37)32-24-28-35(29-25-32)39-20-11-22-43-42-18-8-9-23-45(42)53-46(39)43/h1-31H. The lowest BCUT2D eigenvalue weighted by Gasteiger charge is -2.14. The lowest BCUT2D eigenvalue weighted by molar-refractivity contribution is 0.670. The van der Waals surface area contributed by atoms with Gasteiger partial charge in [-0.2, -0.15) is 0 Å². The number of hydrogen-bond acceptors (Lipinski definition) is 4. The zero-order chi connectivity index (χ0) is 35.1. The molecule has 0 amide bonds. The number of aromatic nitrogens is 3. The molecule has 0 saturated heterocycles. The Kier molecular flexibility index (Phi) is 7.43. The van der Waals surface area contributed by atoms with Crippen LogP contribution in [0, 0.1) is 0 Å². The van der Waals surface area contributed by atoms with Gasteiger partial charge in [0.2, 0.25) is 0 Å². The van der Waals surface area contributed by atoms with Crippen molar-refractivity contribution in [1.29, 1.82) is 0 Å². The summed E-state index contributed by atoms with van der Waals surface area (Å²) in [5, 5.41) is 4.65. The minimum Gasteiger partial charge on any atom is -0.455 e. The summed E-state index contributed by atoms with van der Waals surface area (Å²) >= 11 is 0. The molecule has 8 aromatic carbocycles. The van der Waals surface area contributed by atoms with E-state index >= 15 is 0 Å². The smallest absolute Gasteiger partial charge is 0.164 e. The topological polar surface area (TPSA) is 51.8 Å². The molecular formula is C49H31N3O. The van der Waals surface area contributed by atoms with Crippen molar-refractivity contribution >= 4 is 32.7 Å². The van der Waals surface area contributed by atoms with Crippen LogP contribution in [0.5, 0.6) is 0 Å². The van der Waals surface area contributed by atoms with Gasteiger partial charge in [0.05, 0.1) is 0 Å². The molecule has 0 N–H and O–H groups in total. The van der Waals surface area contributed by atoms with Gasteiger partial charge in [-0.25, -0.2) is 15.0 Å². The van der Waals surface area contributed by atoms with Crippen LogP contribution in [0.2, 0.25) is 0 Å². The predicted molar refractivity (Wildman–Crippen MR) is 217 cm³/mol. The summed E-state index contributed by atoms with van der Waals surface area (Å²) < 4.78 is 6.31. The molecule has 0 aliphatic heterocycles. The van der Waals surface area contributed by atoms with Gasteiger partial charge in [0, 0.05) is 33.0 Å². The zero-order valence-corrected chi connectivity index (χ0v) is 28.6. The summed E-state index contributed by atoms with van der Waals surface area (Å²) in [5.74, 6) is 1.90. The first kappa shape index (κ1) is 30.6. The van der Waals surface area contributed by atoms with Crippen LogP contribution in [0.4, 0.5) is 0 Å². The van der Waals surface area contributed by atoms with Crippen molar-refractivity contribution in [3.8, 4) is 67.5 Å². The molecule has 4 nitrogen and oxygen atoms in total. The fourth-order valence-electron chi connectivity index (χ4n) is 7.34. The van der Waals surface area contributed by atoms with Crippen LogP contribution < -0.4 is 0 Å². The maximum atomic E-state index is 6.31. The molecular weight excluding hydrogens is 647 g/mol. The Bertz CT molecular complexity index is 2920. The predicted octanol–water partition coefficient (Wildman–Crippen LogP) is 12.9. The molecule has 0 bridgehead atoms. The Hall–Kier alpha value is -7.17. The van der Waals surface area contributed by atoms with Gasteiger partial charge in [-0.1, -0.05) is 182 Å². The third-order valence-electron chi connectivity index (χ3n) is 9.99. The summed E-state index contributed by atoms with van der Waals surface area (Å²) in [6.07, 6.45) is 0. The molecule has 0 atom stereocenters. The monoisotopic (exact) mass is 677 g/mol. The Morgan fingerprint density at radius 1 is 0.283 bits per heavy atom. The van der Waals surface area contributed by atoms with E-state index in [4.69, 9.17) is 19.4 Å². The molecule has 248 valence electrons. The van der Waals surface area contributed by atoms with Gasteiger partial charge in [-0.3, -0.25) is 0 Å². The molecule has 0 unspecified atom stereocenters. The van der Waals surface area contributed by atoms with Crippen LogP contribution in [-0.2, 0) is 0 Å². The van der Waals surface area contributed by atoms with E-state index in [9.17, 15) is 0 Å². The SMILES string of the molecule is c1ccc(-c2nc(-c3ccc(-c4ccc(-c5cccc6c5oc5ccccc56)cc4)cc3)nc(-c3ccccc3-c3cccc4ccccc34)n2)cc1. The van der Waals surface area contributed by atoms with E-state index in [1.165, 1.54) is 10.8 Å². The first-order valence-corrected chi connectivity index (χ1v) is 17.8. The van der Waals surface area contributed by atoms with Gasteiger partial charge in [0.25, 0.3) is 0 Å². The van der Waals surface area contributed by atoms with Crippen molar-refractivity contribution in [2.24, 2.45) is 0 Å². The molecule has 10 rings (SSSR count). The van der Waals surface area contributed by atoms with Crippen molar-refractivity contribution < 1.29 is 4.42 Å². The Balaban J connectivity index is 1.02. The van der Waals surface area contributed by atoms with E-state index < -0.39 is 0 Å². The van der Waals surface area contributed by atoms with Crippen LogP contribution in [0.1, 0.15) is 0 Å². The van der Waals surface area contributed by atoms with Crippen molar-refractivity contribution in [2.75, 3.05) is 0 Å². The largest absolute Gasteiger partial charge is 0.455 e. The Morgan fingerprint density at radius 3 is 1.55 bits per heavy atom. The lowest BCUT2D eigenvalue weighted by Crippen LogP contribution is -2.01. The van der Waals surface area contributed by atoms with Crippen LogP contribution >= 0.6 is 0 Å². The Morgan fingerprint density at radius 2 is 0.774 bits per heavy atom. The van der Waals surface area contributed by atoms with Crippen LogP contribution in [0.25, 0.3) is 100 Å². The second-order valence-electron chi connectivity index (χ2n) is 13.2. The summed E-state index contributed by atoms with van der Waals surface area (Å²) in [6, 6.07) is 65.1. The van der Waals surface area contributed by atoms with E-state index in [1.54, 1.807) is 0 Å². The number of furan rings is 1. The highest BCUT2D eigenvalue weighted by molar-refractivity contribution is 6.09. The molecule has 10 aromatic rings. The van der Waals surface area contributed by atoms with Gasteiger partial charge in [0.1, 0.15) is 11.2 Å². The van der Waals surface area contributed by atoms with Crippen LogP contribution in [-0.4, -0.2) is 15.0 Å². The number of nitrogens with zero attached hydrogens (tertiary/aromatic N) is 3. The number of rotatable bonds is 6. The molecule has 0 saturated carbocycles. The first-order chi connectivity index (χ1) is 26.3. The summed E-state index contributed by atoms with van der Waals surface area (Å²) in [5.41, 5.74) is 11.3. The highest BCUT2D eigenvalue weighted by atomic mass is 16.3. The minimum atomic E-state index is 0.627. The minimum absolute atomic E-state index is 0.627. The number of para-hydroxylation sites is 2. The second-order valence-corrected chi connectivity index (χ2v) is 13.2.